The second-order valence-electron chi connectivity index (χ2n) is 6.89. The van der Waals surface area contributed by atoms with Gasteiger partial charge in [0, 0.05) is 29.7 Å². The number of aromatic amines is 1. The Morgan fingerprint density at radius 2 is 1.74 bits per heavy atom. The molecule has 8 heteroatoms. The number of carbonyl (C=O) groups is 1. The van der Waals surface area contributed by atoms with Crippen molar-refractivity contribution in [1.29, 1.82) is 0 Å². The van der Waals surface area contributed by atoms with Crippen molar-refractivity contribution in [3.8, 4) is 5.75 Å². The quantitative estimate of drug-likeness (QED) is 0.569. The fourth-order valence-electron chi connectivity index (χ4n) is 3.33. The Hall–Kier alpha value is -3.94. The number of nitrogens with zero attached hydrogens (tertiary/aromatic N) is 2. The smallest absolute Gasteiger partial charge is 0.406 e. The first-order valence-corrected chi connectivity index (χ1v) is 9.32. The molecule has 31 heavy (non-hydrogen) atoms. The van der Waals surface area contributed by atoms with Gasteiger partial charge in [0.15, 0.2) is 0 Å². The zero-order valence-corrected chi connectivity index (χ0v) is 16.5. The third-order valence-electron chi connectivity index (χ3n) is 4.80. The summed E-state index contributed by atoms with van der Waals surface area (Å²) in [4.78, 5) is 19.4. The van der Waals surface area contributed by atoms with Gasteiger partial charge in [0.25, 0.3) is 5.91 Å². The molecule has 4 rings (SSSR count). The molecule has 1 aliphatic heterocycles. The van der Waals surface area contributed by atoms with E-state index in [1.54, 1.807) is 24.1 Å². The first-order chi connectivity index (χ1) is 14.7. The van der Waals surface area contributed by atoms with Crippen LogP contribution < -0.4 is 14.5 Å². The normalized spacial score (nSPS) is 13.2. The number of anilines is 3. The summed E-state index contributed by atoms with van der Waals surface area (Å²) < 4.78 is 41.2. The molecule has 1 aliphatic rings. The molecular weight excluding hydrogens is 407 g/mol. The third kappa shape index (κ3) is 4.18. The van der Waals surface area contributed by atoms with Crippen molar-refractivity contribution >= 4 is 29.2 Å². The Bertz CT molecular complexity index is 1150. The minimum absolute atomic E-state index is 0.228. The van der Waals surface area contributed by atoms with Gasteiger partial charge in [0.05, 0.1) is 0 Å². The number of alkyl halides is 3. The lowest BCUT2D eigenvalue weighted by Gasteiger charge is -2.27. The van der Waals surface area contributed by atoms with Crippen LogP contribution in [0.4, 0.5) is 30.4 Å². The number of H-pyrrole nitrogens is 1. The highest BCUT2D eigenvalue weighted by atomic mass is 19.4. The van der Waals surface area contributed by atoms with E-state index in [-0.39, 0.29) is 11.7 Å². The van der Waals surface area contributed by atoms with Gasteiger partial charge >= 0.3 is 6.36 Å². The van der Waals surface area contributed by atoms with Crippen LogP contribution >= 0.6 is 0 Å². The van der Waals surface area contributed by atoms with Crippen LogP contribution in [0.2, 0.25) is 0 Å². The standard InChI is InChI=1S/C23H18F3N3O2/c1-15-8-9-16-14-20(22(30)28(2)17-6-4-3-5-7-17)27-21(16)29(15)18-10-12-19(13-11-18)31-23(24,25)26/h3-14,27H,1H2,2H3. The molecular formula is C23H18F3N3O2. The summed E-state index contributed by atoms with van der Waals surface area (Å²) in [5, 5.41) is 0. The Balaban J connectivity index is 1.63. The number of benzene rings is 2. The highest BCUT2D eigenvalue weighted by Gasteiger charge is 2.31. The molecule has 0 aliphatic carbocycles. The molecule has 0 radical (unpaired) electrons. The van der Waals surface area contributed by atoms with Crippen molar-refractivity contribution in [3.05, 3.63) is 90.3 Å². The second kappa shape index (κ2) is 7.71. The van der Waals surface area contributed by atoms with Crippen molar-refractivity contribution in [3.63, 3.8) is 0 Å². The Morgan fingerprint density at radius 1 is 1.06 bits per heavy atom. The zero-order chi connectivity index (χ0) is 22.2. The van der Waals surface area contributed by atoms with Crippen LogP contribution in [0, 0.1) is 0 Å². The molecule has 0 saturated carbocycles. The molecule has 3 aromatic rings. The summed E-state index contributed by atoms with van der Waals surface area (Å²) in [5.74, 6) is 0.0526. The lowest BCUT2D eigenvalue weighted by Crippen LogP contribution is -2.26. The molecule has 2 heterocycles. The van der Waals surface area contributed by atoms with Crippen molar-refractivity contribution in [2.45, 2.75) is 6.36 Å². The molecule has 1 N–H and O–H groups in total. The van der Waals surface area contributed by atoms with Gasteiger partial charge in [0.1, 0.15) is 17.3 Å². The summed E-state index contributed by atoms with van der Waals surface area (Å²) in [6, 6.07) is 16.4. The largest absolute Gasteiger partial charge is 0.573 e. The molecule has 1 aromatic heterocycles. The fraction of sp³-hybridized carbons (Fsp3) is 0.0870. The van der Waals surface area contributed by atoms with Crippen LogP contribution in [-0.2, 0) is 0 Å². The SMILES string of the molecule is C=C1C=Cc2cc(C(=O)N(C)c3ccccc3)[nH]c2N1c1ccc(OC(F)(F)F)cc1. The molecule has 5 nitrogen and oxygen atoms in total. The van der Waals surface area contributed by atoms with Gasteiger partial charge in [-0.3, -0.25) is 9.69 Å². The predicted octanol–water partition coefficient (Wildman–Crippen LogP) is 5.87. The Labute approximate surface area is 176 Å². The number of halogens is 3. The van der Waals surface area contributed by atoms with E-state index in [2.05, 4.69) is 16.3 Å². The monoisotopic (exact) mass is 425 g/mol. The van der Waals surface area contributed by atoms with Crippen molar-refractivity contribution in [2.75, 3.05) is 16.8 Å². The first kappa shape index (κ1) is 20.3. The number of para-hydroxylation sites is 1. The number of amides is 1. The summed E-state index contributed by atoms with van der Waals surface area (Å²) in [7, 11) is 1.68. The van der Waals surface area contributed by atoms with Crippen LogP contribution in [0.1, 0.15) is 16.1 Å². The minimum Gasteiger partial charge on any atom is -0.406 e. The number of allylic oxidation sites excluding steroid dienone is 1. The van der Waals surface area contributed by atoms with E-state index in [9.17, 15) is 18.0 Å². The van der Waals surface area contributed by atoms with Crippen molar-refractivity contribution < 1.29 is 22.7 Å². The molecule has 0 bridgehead atoms. The van der Waals surface area contributed by atoms with Gasteiger partial charge in [-0.1, -0.05) is 24.8 Å². The predicted molar refractivity (Wildman–Crippen MR) is 113 cm³/mol. The summed E-state index contributed by atoms with van der Waals surface area (Å²) in [5.41, 5.74) is 3.04. The Kier molecular flexibility index (Phi) is 5.06. The topological polar surface area (TPSA) is 48.6 Å². The van der Waals surface area contributed by atoms with E-state index in [0.29, 0.717) is 22.9 Å². The van der Waals surface area contributed by atoms with Gasteiger partial charge < -0.3 is 14.6 Å². The molecule has 0 fully saturated rings. The van der Waals surface area contributed by atoms with Gasteiger partial charge in [0.2, 0.25) is 0 Å². The number of hydrogen-bond donors (Lipinski definition) is 1. The summed E-state index contributed by atoms with van der Waals surface area (Å²) in [6.45, 7) is 4.00. The number of aromatic nitrogens is 1. The average molecular weight is 425 g/mol. The molecule has 0 spiro atoms. The number of rotatable bonds is 4. The molecule has 1 amide bonds. The molecule has 0 unspecified atom stereocenters. The number of carbonyl (C=O) groups excluding carboxylic acids is 1. The van der Waals surface area contributed by atoms with Crippen LogP contribution in [0.3, 0.4) is 0 Å². The van der Waals surface area contributed by atoms with Crippen molar-refractivity contribution in [2.24, 2.45) is 0 Å². The number of fused-ring (bicyclic) bond motifs is 1. The first-order valence-electron chi connectivity index (χ1n) is 9.32. The van der Waals surface area contributed by atoms with Gasteiger partial charge in [-0.15, -0.1) is 13.2 Å². The van der Waals surface area contributed by atoms with E-state index in [1.165, 1.54) is 29.2 Å². The average Bonchev–Trinajstić information content (AvgIpc) is 3.17. The highest BCUT2D eigenvalue weighted by molar-refractivity contribution is 6.06. The fourth-order valence-corrected chi connectivity index (χ4v) is 3.33. The second-order valence-corrected chi connectivity index (χ2v) is 6.89. The van der Waals surface area contributed by atoms with Gasteiger partial charge in [-0.2, -0.15) is 0 Å². The molecule has 2 aromatic carbocycles. The zero-order valence-electron chi connectivity index (χ0n) is 16.5. The maximum absolute atomic E-state index is 13.0. The van der Waals surface area contributed by atoms with E-state index in [1.807, 2.05) is 36.4 Å². The lowest BCUT2D eigenvalue weighted by atomic mass is 10.1. The third-order valence-corrected chi connectivity index (χ3v) is 4.80. The van der Waals surface area contributed by atoms with Gasteiger partial charge in [-0.25, -0.2) is 0 Å². The molecule has 0 saturated heterocycles. The van der Waals surface area contributed by atoms with Crippen LogP contribution in [0.15, 0.2) is 79.0 Å². The maximum Gasteiger partial charge on any atom is 0.573 e. The van der Waals surface area contributed by atoms with E-state index in [0.717, 1.165) is 11.3 Å². The lowest BCUT2D eigenvalue weighted by molar-refractivity contribution is -0.274. The molecule has 158 valence electrons. The van der Waals surface area contributed by atoms with Crippen LogP contribution in [0.5, 0.6) is 5.75 Å². The molecule has 0 atom stereocenters. The maximum atomic E-state index is 13.0. The number of ether oxygens (including phenoxy) is 1. The number of nitrogens with one attached hydrogen (secondary N) is 1. The van der Waals surface area contributed by atoms with E-state index >= 15 is 0 Å². The Morgan fingerprint density at radius 3 is 2.39 bits per heavy atom. The van der Waals surface area contributed by atoms with E-state index in [4.69, 9.17) is 0 Å². The van der Waals surface area contributed by atoms with Crippen molar-refractivity contribution in [1.82, 2.24) is 4.98 Å². The number of hydrogen-bond acceptors (Lipinski definition) is 3. The minimum atomic E-state index is -4.76. The van der Waals surface area contributed by atoms with Crippen LogP contribution in [0.25, 0.3) is 6.08 Å². The summed E-state index contributed by atoms with van der Waals surface area (Å²) in [6.07, 6.45) is -1.16. The highest BCUT2D eigenvalue weighted by Crippen LogP contribution is 2.38. The van der Waals surface area contributed by atoms with Crippen LogP contribution in [-0.4, -0.2) is 24.3 Å². The van der Waals surface area contributed by atoms with Gasteiger partial charge in [-0.05, 0) is 54.6 Å². The van der Waals surface area contributed by atoms with E-state index < -0.39 is 6.36 Å². The summed E-state index contributed by atoms with van der Waals surface area (Å²) >= 11 is 0.